The number of anilines is 1. The largest absolute Gasteiger partial charge is 0.484 e. The van der Waals surface area contributed by atoms with E-state index < -0.39 is 12.1 Å². The molecule has 1 atom stereocenters. The van der Waals surface area contributed by atoms with E-state index in [1.54, 1.807) is 37.3 Å². The standard InChI is InChI=1S/C17H16ClN3O3/c1-11-19-15-8-7-12(18)9-14(15)17(23)21(11)20-16(22)10-24-13-5-3-2-4-6-13/h2-9,11,19H,10H2,1H3,(H,20,22). The fraction of sp³-hybridized carbons (Fsp3) is 0.176. The molecule has 6 nitrogen and oxygen atoms in total. The summed E-state index contributed by atoms with van der Waals surface area (Å²) in [5.74, 6) is -0.168. The number of ether oxygens (including phenoxy) is 1. The molecule has 0 saturated heterocycles. The van der Waals surface area contributed by atoms with E-state index in [0.29, 0.717) is 22.0 Å². The van der Waals surface area contributed by atoms with Crippen LogP contribution in [0.1, 0.15) is 17.3 Å². The summed E-state index contributed by atoms with van der Waals surface area (Å²) < 4.78 is 5.38. The fourth-order valence-corrected chi connectivity index (χ4v) is 2.57. The summed E-state index contributed by atoms with van der Waals surface area (Å²) in [5.41, 5.74) is 3.65. The Bertz CT molecular complexity index is 767. The summed E-state index contributed by atoms with van der Waals surface area (Å²) >= 11 is 5.94. The Kier molecular flexibility index (Phi) is 4.57. The molecule has 1 aliphatic rings. The third kappa shape index (κ3) is 3.44. The van der Waals surface area contributed by atoms with Crippen molar-refractivity contribution in [2.75, 3.05) is 11.9 Å². The lowest BCUT2D eigenvalue weighted by Crippen LogP contribution is -2.56. The number of rotatable bonds is 4. The van der Waals surface area contributed by atoms with Gasteiger partial charge in [-0.1, -0.05) is 29.8 Å². The number of hydrazine groups is 1. The quantitative estimate of drug-likeness (QED) is 0.893. The van der Waals surface area contributed by atoms with Crippen molar-refractivity contribution < 1.29 is 14.3 Å². The molecule has 0 spiro atoms. The summed E-state index contributed by atoms with van der Waals surface area (Å²) in [6, 6.07) is 14.0. The van der Waals surface area contributed by atoms with E-state index in [9.17, 15) is 9.59 Å². The first-order chi connectivity index (χ1) is 11.5. The Morgan fingerprint density at radius 2 is 2.04 bits per heavy atom. The second kappa shape index (κ2) is 6.80. The number of amides is 2. The van der Waals surface area contributed by atoms with Gasteiger partial charge in [-0.05, 0) is 37.3 Å². The Hall–Kier alpha value is -2.73. The van der Waals surface area contributed by atoms with Crippen LogP contribution >= 0.6 is 11.6 Å². The molecular weight excluding hydrogens is 330 g/mol. The number of para-hydroxylation sites is 1. The molecule has 7 heteroatoms. The fourth-order valence-electron chi connectivity index (χ4n) is 2.39. The maximum atomic E-state index is 12.6. The highest BCUT2D eigenvalue weighted by Gasteiger charge is 2.30. The molecule has 2 N–H and O–H groups in total. The average Bonchev–Trinajstić information content (AvgIpc) is 2.58. The van der Waals surface area contributed by atoms with Crippen LogP contribution < -0.4 is 15.5 Å². The van der Waals surface area contributed by atoms with Gasteiger partial charge < -0.3 is 10.1 Å². The van der Waals surface area contributed by atoms with Crippen LogP contribution in [0.25, 0.3) is 0 Å². The molecule has 1 unspecified atom stereocenters. The second-order valence-corrected chi connectivity index (χ2v) is 5.76. The molecule has 0 aromatic heterocycles. The first-order valence-corrected chi connectivity index (χ1v) is 7.79. The third-order valence-electron chi connectivity index (χ3n) is 3.54. The van der Waals surface area contributed by atoms with Crippen molar-refractivity contribution in [2.45, 2.75) is 13.1 Å². The van der Waals surface area contributed by atoms with Crippen LogP contribution in [0.4, 0.5) is 5.69 Å². The molecular formula is C17H16ClN3O3. The number of benzene rings is 2. The van der Waals surface area contributed by atoms with Crippen molar-refractivity contribution in [1.82, 2.24) is 10.4 Å². The molecule has 0 bridgehead atoms. The van der Waals surface area contributed by atoms with Crippen molar-refractivity contribution in [3.05, 3.63) is 59.1 Å². The number of halogens is 1. The lowest BCUT2D eigenvalue weighted by molar-refractivity contribution is -0.127. The average molecular weight is 346 g/mol. The van der Waals surface area contributed by atoms with Crippen LogP contribution in [0.15, 0.2) is 48.5 Å². The molecule has 1 aliphatic heterocycles. The Labute approximate surface area is 144 Å². The lowest BCUT2D eigenvalue weighted by Gasteiger charge is -2.35. The van der Waals surface area contributed by atoms with Crippen LogP contribution in [-0.2, 0) is 4.79 Å². The normalized spacial score (nSPS) is 16.2. The topological polar surface area (TPSA) is 70.7 Å². The summed E-state index contributed by atoms with van der Waals surface area (Å²) in [6.45, 7) is 1.58. The van der Waals surface area contributed by atoms with E-state index in [2.05, 4.69) is 10.7 Å². The molecule has 1 heterocycles. The summed E-state index contributed by atoms with van der Waals surface area (Å²) in [7, 11) is 0. The van der Waals surface area contributed by atoms with Crippen LogP contribution in [0.3, 0.4) is 0 Å². The lowest BCUT2D eigenvalue weighted by atomic mass is 10.1. The highest BCUT2D eigenvalue weighted by Crippen LogP contribution is 2.27. The number of nitrogens with zero attached hydrogens (tertiary/aromatic N) is 1. The molecule has 124 valence electrons. The van der Waals surface area contributed by atoms with Crippen molar-refractivity contribution >= 4 is 29.1 Å². The number of carbonyl (C=O) groups excluding carboxylic acids is 2. The highest BCUT2D eigenvalue weighted by atomic mass is 35.5. The first kappa shape index (κ1) is 16.1. The van der Waals surface area contributed by atoms with Gasteiger partial charge >= 0.3 is 0 Å². The smallest absolute Gasteiger partial charge is 0.276 e. The van der Waals surface area contributed by atoms with E-state index in [-0.39, 0.29) is 12.5 Å². The molecule has 2 amide bonds. The number of carbonyl (C=O) groups is 2. The maximum absolute atomic E-state index is 12.6. The molecule has 24 heavy (non-hydrogen) atoms. The summed E-state index contributed by atoms with van der Waals surface area (Å²) in [5, 5.41) is 4.82. The minimum Gasteiger partial charge on any atom is -0.484 e. The summed E-state index contributed by atoms with van der Waals surface area (Å²) in [6.07, 6.45) is -0.396. The molecule has 2 aromatic rings. The van der Waals surface area contributed by atoms with Gasteiger partial charge in [0.1, 0.15) is 11.9 Å². The number of fused-ring (bicyclic) bond motifs is 1. The van der Waals surface area contributed by atoms with E-state index in [0.717, 1.165) is 0 Å². The van der Waals surface area contributed by atoms with Crippen molar-refractivity contribution in [1.29, 1.82) is 0 Å². The number of hydrogen-bond acceptors (Lipinski definition) is 4. The Morgan fingerprint density at radius 3 is 2.79 bits per heavy atom. The molecule has 2 aromatic carbocycles. The zero-order chi connectivity index (χ0) is 17.1. The second-order valence-electron chi connectivity index (χ2n) is 5.32. The van der Waals surface area contributed by atoms with Gasteiger partial charge in [0.25, 0.3) is 11.8 Å². The third-order valence-corrected chi connectivity index (χ3v) is 3.78. The SMILES string of the molecule is CC1Nc2ccc(Cl)cc2C(=O)N1NC(=O)COc1ccccc1. The van der Waals surface area contributed by atoms with Crippen molar-refractivity contribution in [3.8, 4) is 5.75 Å². The number of nitrogens with one attached hydrogen (secondary N) is 2. The monoisotopic (exact) mass is 345 g/mol. The Balaban J connectivity index is 1.66. The van der Waals surface area contributed by atoms with E-state index in [1.165, 1.54) is 5.01 Å². The van der Waals surface area contributed by atoms with Gasteiger partial charge in [0, 0.05) is 10.7 Å². The van der Waals surface area contributed by atoms with Gasteiger partial charge in [0.2, 0.25) is 0 Å². The van der Waals surface area contributed by atoms with Gasteiger partial charge in [-0.3, -0.25) is 15.0 Å². The molecule has 3 rings (SSSR count). The van der Waals surface area contributed by atoms with Crippen LogP contribution in [0.2, 0.25) is 5.02 Å². The zero-order valence-electron chi connectivity index (χ0n) is 13.0. The van der Waals surface area contributed by atoms with Gasteiger partial charge in [-0.25, -0.2) is 5.01 Å². The zero-order valence-corrected chi connectivity index (χ0v) is 13.7. The molecule has 0 radical (unpaired) electrons. The van der Waals surface area contributed by atoms with Crippen molar-refractivity contribution in [2.24, 2.45) is 0 Å². The first-order valence-electron chi connectivity index (χ1n) is 7.41. The van der Waals surface area contributed by atoms with Gasteiger partial charge in [-0.2, -0.15) is 0 Å². The molecule has 0 saturated carbocycles. The Morgan fingerprint density at radius 1 is 1.29 bits per heavy atom. The van der Waals surface area contributed by atoms with Gasteiger partial charge in [-0.15, -0.1) is 0 Å². The molecule has 0 fully saturated rings. The minimum absolute atomic E-state index is 0.192. The van der Waals surface area contributed by atoms with Crippen LogP contribution in [-0.4, -0.2) is 29.6 Å². The van der Waals surface area contributed by atoms with E-state index in [4.69, 9.17) is 16.3 Å². The number of hydrogen-bond donors (Lipinski definition) is 2. The van der Waals surface area contributed by atoms with E-state index >= 15 is 0 Å². The highest BCUT2D eigenvalue weighted by molar-refractivity contribution is 6.31. The van der Waals surface area contributed by atoms with Crippen molar-refractivity contribution in [3.63, 3.8) is 0 Å². The maximum Gasteiger partial charge on any atom is 0.276 e. The summed E-state index contributed by atoms with van der Waals surface area (Å²) in [4.78, 5) is 24.6. The van der Waals surface area contributed by atoms with Gasteiger partial charge in [0.15, 0.2) is 6.61 Å². The minimum atomic E-state index is -0.425. The van der Waals surface area contributed by atoms with Gasteiger partial charge in [0.05, 0.1) is 5.56 Å². The predicted octanol–water partition coefficient (Wildman–Crippen LogP) is 2.66. The predicted molar refractivity (Wildman–Crippen MR) is 90.8 cm³/mol. The molecule has 0 aliphatic carbocycles. The van der Waals surface area contributed by atoms with Crippen LogP contribution in [0, 0.1) is 0 Å². The van der Waals surface area contributed by atoms with E-state index in [1.807, 2.05) is 18.2 Å². The van der Waals surface area contributed by atoms with Crippen LogP contribution in [0.5, 0.6) is 5.75 Å².